The fraction of sp³-hybridized carbons (Fsp3) is 0.680. The third-order valence-corrected chi connectivity index (χ3v) is 7.51. The summed E-state index contributed by atoms with van der Waals surface area (Å²) >= 11 is 0. The second kappa shape index (κ2) is 8.61. The maximum absolute atomic E-state index is 11.6. The molecule has 4 rings (SSSR count). The lowest BCUT2D eigenvalue weighted by atomic mass is 9.66. The second-order valence-electron chi connectivity index (χ2n) is 10.1. The molecule has 0 bridgehead atoms. The van der Waals surface area contributed by atoms with Crippen molar-refractivity contribution in [1.29, 1.82) is 0 Å². The number of hydrogen-bond donors (Lipinski definition) is 5. The van der Waals surface area contributed by atoms with Crippen LogP contribution in [-0.4, -0.2) is 62.2 Å². The van der Waals surface area contributed by atoms with Gasteiger partial charge < -0.3 is 35.0 Å². The predicted molar refractivity (Wildman–Crippen MR) is 119 cm³/mol. The molecule has 178 valence electrons. The minimum absolute atomic E-state index is 0.0236. The van der Waals surface area contributed by atoms with Crippen molar-refractivity contribution in [1.82, 2.24) is 0 Å². The van der Waals surface area contributed by atoms with E-state index in [9.17, 15) is 25.5 Å². The molecule has 0 spiro atoms. The molecule has 3 aliphatic rings. The Morgan fingerprint density at radius 2 is 1.81 bits per heavy atom. The largest absolute Gasteiger partial charge is 0.507 e. The Labute approximate surface area is 189 Å². The van der Waals surface area contributed by atoms with Crippen LogP contribution in [0.15, 0.2) is 17.7 Å². The Hall–Kier alpha value is -1.64. The van der Waals surface area contributed by atoms with Crippen LogP contribution in [0.1, 0.15) is 75.7 Å². The van der Waals surface area contributed by atoms with Crippen molar-refractivity contribution in [2.75, 3.05) is 6.61 Å². The maximum atomic E-state index is 11.6. The zero-order chi connectivity index (χ0) is 23.4. The second-order valence-corrected chi connectivity index (χ2v) is 10.1. The molecule has 1 aromatic rings. The molecule has 1 saturated heterocycles. The number of benzene rings is 1. The molecule has 5 N–H and O–H groups in total. The molecular weight excluding hydrogens is 412 g/mol. The highest BCUT2D eigenvalue weighted by Gasteiger charge is 2.49. The van der Waals surface area contributed by atoms with E-state index in [1.165, 1.54) is 5.57 Å². The summed E-state index contributed by atoms with van der Waals surface area (Å²) in [5, 5.41) is 52.6. The van der Waals surface area contributed by atoms with E-state index in [1.807, 2.05) is 13.0 Å². The molecule has 0 aromatic heterocycles. The molecule has 32 heavy (non-hydrogen) atoms. The lowest BCUT2D eigenvalue weighted by Crippen LogP contribution is -2.55. The smallest absolute Gasteiger partial charge is 0.128 e. The Morgan fingerprint density at radius 1 is 1.09 bits per heavy atom. The average Bonchev–Trinajstić information content (AvgIpc) is 2.72. The van der Waals surface area contributed by atoms with Gasteiger partial charge in [0.25, 0.3) is 0 Å². The molecule has 2 unspecified atom stereocenters. The van der Waals surface area contributed by atoms with E-state index in [-0.39, 0.29) is 17.6 Å². The highest BCUT2D eigenvalue weighted by atomic mass is 16.5. The zero-order valence-electron chi connectivity index (χ0n) is 19.3. The minimum Gasteiger partial charge on any atom is -0.507 e. The summed E-state index contributed by atoms with van der Waals surface area (Å²) < 4.78 is 12.3. The molecular formula is C25H36O7. The molecule has 7 nitrogen and oxygen atoms in total. The summed E-state index contributed by atoms with van der Waals surface area (Å²) in [6.45, 7) is 7.78. The van der Waals surface area contributed by atoms with Gasteiger partial charge in [-0.25, -0.2) is 0 Å². The van der Waals surface area contributed by atoms with Crippen molar-refractivity contribution in [2.45, 2.75) is 95.4 Å². The van der Waals surface area contributed by atoms with Gasteiger partial charge in [-0.05, 0) is 51.7 Å². The molecule has 7 atom stereocenters. The monoisotopic (exact) mass is 448 g/mol. The first kappa shape index (κ1) is 23.5. The van der Waals surface area contributed by atoms with Crippen LogP contribution in [0.3, 0.4) is 0 Å². The van der Waals surface area contributed by atoms with Crippen molar-refractivity contribution in [3.63, 3.8) is 0 Å². The molecule has 7 heteroatoms. The van der Waals surface area contributed by atoms with Crippen LogP contribution in [-0.2, 0) is 11.2 Å². The third kappa shape index (κ3) is 3.74. The summed E-state index contributed by atoms with van der Waals surface area (Å²) in [5.74, 6) is 0.915. The van der Waals surface area contributed by atoms with E-state index in [0.29, 0.717) is 23.3 Å². The van der Waals surface area contributed by atoms with Crippen molar-refractivity contribution in [3.8, 4) is 11.5 Å². The lowest BCUT2D eigenvalue weighted by Gasteiger charge is -2.48. The molecule has 0 saturated carbocycles. The molecule has 2 aliphatic heterocycles. The number of allylic oxidation sites excluding steroid dienone is 2. The number of fused-ring (bicyclic) bond motifs is 3. The molecule has 0 amide bonds. The summed E-state index contributed by atoms with van der Waals surface area (Å²) in [7, 11) is 0. The molecule has 0 radical (unpaired) electrons. The van der Waals surface area contributed by atoms with Gasteiger partial charge in [-0.2, -0.15) is 0 Å². The quantitative estimate of drug-likeness (QED) is 0.449. The number of aliphatic hydroxyl groups is 4. The van der Waals surface area contributed by atoms with Gasteiger partial charge in [-0.15, -0.1) is 0 Å². The number of rotatable bonds is 4. The molecule has 1 fully saturated rings. The Bertz CT molecular complexity index is 891. The average molecular weight is 449 g/mol. The maximum Gasteiger partial charge on any atom is 0.128 e. The Balaban J connectivity index is 1.88. The fourth-order valence-corrected chi connectivity index (χ4v) is 5.80. The van der Waals surface area contributed by atoms with Crippen molar-refractivity contribution < 1.29 is 35.0 Å². The van der Waals surface area contributed by atoms with Crippen LogP contribution >= 0.6 is 0 Å². The molecule has 1 aromatic carbocycles. The van der Waals surface area contributed by atoms with Gasteiger partial charge in [0.15, 0.2) is 0 Å². The number of aryl methyl sites for hydroxylation is 1. The standard InChI is InChI=1S/C25H36O7/c1-5-6-13-10-16-19(14-9-12(2)7-8-15(14)25(3,4)32-16)21(28)18(13)24-23(30)22(29)20(27)17(11-26)31-24/h7,10,14-15,17,20,22-24,26-30H,5-6,8-9,11H2,1-4H3/t14-,15-,17?,20-,22?,23+,24+/m1/s1. The van der Waals surface area contributed by atoms with Crippen LogP contribution in [0.5, 0.6) is 11.5 Å². The third-order valence-electron chi connectivity index (χ3n) is 7.51. The lowest BCUT2D eigenvalue weighted by molar-refractivity contribution is -0.232. The van der Waals surface area contributed by atoms with Crippen LogP contribution in [0, 0.1) is 5.92 Å². The Kier molecular flexibility index (Phi) is 6.33. The van der Waals surface area contributed by atoms with E-state index in [1.54, 1.807) is 0 Å². The number of hydrogen-bond acceptors (Lipinski definition) is 7. The van der Waals surface area contributed by atoms with Gasteiger partial charge in [-0.3, -0.25) is 0 Å². The van der Waals surface area contributed by atoms with E-state index in [2.05, 4.69) is 26.8 Å². The van der Waals surface area contributed by atoms with E-state index in [0.717, 1.165) is 24.8 Å². The van der Waals surface area contributed by atoms with Crippen molar-refractivity contribution >= 4 is 0 Å². The Morgan fingerprint density at radius 3 is 2.47 bits per heavy atom. The fourth-order valence-electron chi connectivity index (χ4n) is 5.80. The highest BCUT2D eigenvalue weighted by molar-refractivity contribution is 5.58. The van der Waals surface area contributed by atoms with Crippen LogP contribution in [0.4, 0.5) is 0 Å². The van der Waals surface area contributed by atoms with Gasteiger partial charge in [0.1, 0.15) is 47.6 Å². The van der Waals surface area contributed by atoms with Gasteiger partial charge in [0.2, 0.25) is 0 Å². The number of phenols is 1. The first-order valence-corrected chi connectivity index (χ1v) is 11.6. The van der Waals surface area contributed by atoms with Crippen molar-refractivity contribution in [2.24, 2.45) is 5.92 Å². The van der Waals surface area contributed by atoms with Crippen LogP contribution in [0.2, 0.25) is 0 Å². The minimum atomic E-state index is -1.50. The first-order chi connectivity index (χ1) is 15.1. The first-order valence-electron chi connectivity index (χ1n) is 11.6. The van der Waals surface area contributed by atoms with Gasteiger partial charge in [0, 0.05) is 23.0 Å². The van der Waals surface area contributed by atoms with E-state index < -0.39 is 42.7 Å². The summed E-state index contributed by atoms with van der Waals surface area (Å²) in [5.41, 5.74) is 2.77. The molecule has 1 aliphatic carbocycles. The topological polar surface area (TPSA) is 120 Å². The van der Waals surface area contributed by atoms with Crippen LogP contribution < -0.4 is 4.74 Å². The van der Waals surface area contributed by atoms with Gasteiger partial charge >= 0.3 is 0 Å². The SMILES string of the molecule is CCCc1cc2c(c(O)c1[C@@H]1OC(CO)[C@@H](O)C(O)[C@@H]1O)[C@@H]1CC(C)=CC[C@H]1C(C)(C)O2. The summed E-state index contributed by atoms with van der Waals surface area (Å²) in [6.07, 6.45) is -1.21. The van der Waals surface area contributed by atoms with E-state index in [4.69, 9.17) is 9.47 Å². The van der Waals surface area contributed by atoms with Crippen LogP contribution in [0.25, 0.3) is 0 Å². The summed E-state index contributed by atoms with van der Waals surface area (Å²) in [4.78, 5) is 0. The molecule has 2 heterocycles. The number of aliphatic hydroxyl groups excluding tert-OH is 4. The zero-order valence-corrected chi connectivity index (χ0v) is 19.3. The highest BCUT2D eigenvalue weighted by Crippen LogP contribution is 2.56. The predicted octanol–water partition coefficient (Wildman–Crippen LogP) is 2.47. The van der Waals surface area contributed by atoms with Gasteiger partial charge in [0.05, 0.1) is 6.61 Å². The van der Waals surface area contributed by atoms with Crippen molar-refractivity contribution in [3.05, 3.63) is 34.4 Å². The number of phenolic OH excluding ortho intramolecular Hbond substituents is 1. The summed E-state index contributed by atoms with van der Waals surface area (Å²) in [6, 6.07) is 1.93. The number of aromatic hydroxyl groups is 1. The van der Waals surface area contributed by atoms with Gasteiger partial charge in [-0.1, -0.05) is 25.0 Å². The number of ether oxygens (including phenoxy) is 2. The van der Waals surface area contributed by atoms with E-state index >= 15 is 0 Å². The normalized spacial score (nSPS) is 36.0.